The van der Waals surface area contributed by atoms with Gasteiger partial charge in [0.15, 0.2) is 0 Å². The van der Waals surface area contributed by atoms with Crippen LogP contribution in [0.2, 0.25) is 0 Å². The fourth-order valence-corrected chi connectivity index (χ4v) is 4.54. The van der Waals surface area contributed by atoms with E-state index in [2.05, 4.69) is 0 Å². The lowest BCUT2D eigenvalue weighted by molar-refractivity contribution is 0.0675. The maximum atomic E-state index is 11.2. The molecule has 0 fully saturated rings. The van der Waals surface area contributed by atoms with E-state index in [9.17, 15) is 44.1 Å². The average Bonchev–Trinajstić information content (AvgIpc) is 3.08. The van der Waals surface area contributed by atoms with Gasteiger partial charge in [-0.1, -0.05) is 36.4 Å². The molecule has 0 radical (unpaired) electrons. The number of carboxylic acid groups (broad SMARTS) is 6. The van der Waals surface area contributed by atoms with E-state index in [-0.39, 0.29) is 33.4 Å². The van der Waals surface area contributed by atoms with Gasteiger partial charge in [-0.05, 0) is 106 Å². The van der Waals surface area contributed by atoms with Crippen LogP contribution >= 0.6 is 0 Å². The topological polar surface area (TPSA) is 224 Å². The molecular formula is C36H24O12. The molecular weight excluding hydrogens is 624 g/mol. The van der Waals surface area contributed by atoms with Gasteiger partial charge in [-0.3, -0.25) is 0 Å². The van der Waals surface area contributed by atoms with Crippen molar-refractivity contribution in [2.24, 2.45) is 0 Å². The Bertz CT molecular complexity index is 1800. The number of rotatable bonds is 9. The minimum absolute atomic E-state index is 0.184. The number of carbonyl (C=O) groups is 6. The molecule has 6 N–H and O–H groups in total. The van der Waals surface area contributed by atoms with Crippen LogP contribution in [-0.2, 0) is 0 Å². The standard InChI is InChI=1S/C27H18O6.C9H6O6/c28-25(29)19-7-1-16(2-8-19)22-13-23(17-3-9-20(10-4-17)26(30)31)15-24(14-22)18-5-11-21(12-6-18)27(32)33;10-7(11)4-1-5(8(12)13)3-6(2-4)9(14)15/h1-15H,(H,28,29)(H,30,31)(H,32,33);1-3H,(H,10,11)(H,12,13)(H,14,15). The van der Waals surface area contributed by atoms with E-state index in [0.717, 1.165) is 51.6 Å². The molecule has 48 heavy (non-hydrogen) atoms. The molecule has 0 aliphatic heterocycles. The van der Waals surface area contributed by atoms with Crippen LogP contribution < -0.4 is 0 Å². The summed E-state index contributed by atoms with van der Waals surface area (Å²) in [4.78, 5) is 65.3. The number of benzene rings is 5. The Labute approximate surface area is 271 Å². The van der Waals surface area contributed by atoms with Crippen molar-refractivity contribution in [2.75, 3.05) is 0 Å². The molecule has 0 bridgehead atoms. The summed E-state index contributed by atoms with van der Waals surface area (Å²) in [6.45, 7) is 0. The fraction of sp³-hybridized carbons (Fsp3) is 0. The van der Waals surface area contributed by atoms with Crippen LogP contribution in [0.5, 0.6) is 0 Å². The zero-order chi connectivity index (χ0) is 35.1. The summed E-state index contributed by atoms with van der Waals surface area (Å²) in [5.41, 5.74) is 4.40. The van der Waals surface area contributed by atoms with Crippen molar-refractivity contribution in [2.45, 2.75) is 0 Å². The Kier molecular flexibility index (Phi) is 10.1. The molecule has 0 amide bonds. The van der Waals surface area contributed by atoms with Gasteiger partial charge < -0.3 is 30.6 Å². The Balaban J connectivity index is 0.000000291. The summed E-state index contributed by atoms with van der Waals surface area (Å²) in [5, 5.41) is 53.3. The highest BCUT2D eigenvalue weighted by Crippen LogP contribution is 2.33. The van der Waals surface area contributed by atoms with Gasteiger partial charge in [0, 0.05) is 0 Å². The van der Waals surface area contributed by atoms with Crippen molar-refractivity contribution >= 4 is 35.8 Å². The molecule has 0 unspecified atom stereocenters. The molecule has 12 heteroatoms. The van der Waals surface area contributed by atoms with E-state index in [1.54, 1.807) is 36.4 Å². The summed E-state index contributed by atoms with van der Waals surface area (Å²) in [6.07, 6.45) is 0. The predicted molar refractivity (Wildman–Crippen MR) is 171 cm³/mol. The Hall–Kier alpha value is -7.08. The first-order valence-electron chi connectivity index (χ1n) is 13.7. The van der Waals surface area contributed by atoms with Crippen molar-refractivity contribution in [1.82, 2.24) is 0 Å². The number of aromatic carboxylic acids is 6. The normalized spacial score (nSPS) is 10.2. The summed E-state index contributed by atoms with van der Waals surface area (Å²) in [5.74, 6) is -7.14. The molecule has 0 heterocycles. The van der Waals surface area contributed by atoms with E-state index in [0.29, 0.717) is 0 Å². The highest BCUT2D eigenvalue weighted by atomic mass is 16.4. The second-order valence-corrected chi connectivity index (χ2v) is 10.2. The average molecular weight is 649 g/mol. The van der Waals surface area contributed by atoms with E-state index in [4.69, 9.17) is 15.3 Å². The van der Waals surface area contributed by atoms with Crippen LogP contribution in [-0.4, -0.2) is 66.5 Å². The van der Waals surface area contributed by atoms with Gasteiger partial charge >= 0.3 is 35.8 Å². The van der Waals surface area contributed by atoms with E-state index >= 15 is 0 Å². The molecule has 0 aliphatic rings. The van der Waals surface area contributed by atoms with Crippen LogP contribution in [0.3, 0.4) is 0 Å². The first-order valence-corrected chi connectivity index (χ1v) is 13.7. The Morgan fingerprint density at radius 2 is 0.438 bits per heavy atom. The third-order valence-electron chi connectivity index (χ3n) is 7.00. The smallest absolute Gasteiger partial charge is 0.335 e. The van der Waals surface area contributed by atoms with Crippen molar-refractivity contribution < 1.29 is 59.4 Å². The molecule has 0 saturated heterocycles. The Morgan fingerprint density at radius 3 is 0.604 bits per heavy atom. The zero-order valence-corrected chi connectivity index (χ0v) is 24.5. The van der Waals surface area contributed by atoms with E-state index in [1.807, 2.05) is 18.2 Å². The number of hydrogen-bond donors (Lipinski definition) is 6. The first kappa shape index (κ1) is 33.8. The third-order valence-corrected chi connectivity index (χ3v) is 7.00. The van der Waals surface area contributed by atoms with Gasteiger partial charge in [-0.2, -0.15) is 0 Å². The minimum atomic E-state index is -1.37. The zero-order valence-electron chi connectivity index (χ0n) is 24.5. The Morgan fingerprint density at radius 1 is 0.250 bits per heavy atom. The first-order chi connectivity index (χ1) is 22.7. The molecule has 0 atom stereocenters. The summed E-state index contributed by atoms with van der Waals surface area (Å²) in [7, 11) is 0. The van der Waals surface area contributed by atoms with Gasteiger partial charge in [0.2, 0.25) is 0 Å². The fourth-order valence-electron chi connectivity index (χ4n) is 4.54. The van der Waals surface area contributed by atoms with Gasteiger partial charge in [0.1, 0.15) is 0 Å². The van der Waals surface area contributed by atoms with E-state index in [1.165, 1.54) is 36.4 Å². The molecule has 0 spiro atoms. The molecule has 5 aromatic rings. The highest BCUT2D eigenvalue weighted by molar-refractivity contribution is 5.99. The summed E-state index contributed by atoms with van der Waals surface area (Å²) in [6, 6.07) is 28.1. The largest absolute Gasteiger partial charge is 0.478 e. The van der Waals surface area contributed by atoms with Crippen LogP contribution in [0.1, 0.15) is 62.1 Å². The minimum Gasteiger partial charge on any atom is -0.478 e. The van der Waals surface area contributed by atoms with Crippen molar-refractivity contribution in [3.63, 3.8) is 0 Å². The lowest BCUT2D eigenvalue weighted by atomic mass is 9.92. The van der Waals surface area contributed by atoms with Gasteiger partial charge in [-0.25, -0.2) is 28.8 Å². The second-order valence-electron chi connectivity index (χ2n) is 10.2. The van der Waals surface area contributed by atoms with E-state index < -0.39 is 35.8 Å². The van der Waals surface area contributed by atoms with Crippen LogP contribution in [0.15, 0.2) is 109 Å². The lowest BCUT2D eigenvalue weighted by Gasteiger charge is -2.12. The van der Waals surface area contributed by atoms with Crippen molar-refractivity contribution in [3.8, 4) is 33.4 Å². The van der Waals surface area contributed by atoms with Gasteiger partial charge in [-0.15, -0.1) is 0 Å². The molecule has 0 aromatic heterocycles. The molecule has 5 aromatic carbocycles. The number of hydrogen-bond acceptors (Lipinski definition) is 6. The molecule has 5 rings (SSSR count). The summed E-state index contributed by atoms with van der Waals surface area (Å²) >= 11 is 0. The van der Waals surface area contributed by atoms with Crippen molar-refractivity contribution in [1.29, 1.82) is 0 Å². The third kappa shape index (κ3) is 8.14. The summed E-state index contributed by atoms with van der Waals surface area (Å²) < 4.78 is 0. The van der Waals surface area contributed by atoms with Crippen LogP contribution in [0.25, 0.3) is 33.4 Å². The molecule has 0 saturated carbocycles. The van der Waals surface area contributed by atoms with Crippen molar-refractivity contribution in [3.05, 3.63) is 143 Å². The lowest BCUT2D eigenvalue weighted by Crippen LogP contribution is -2.07. The molecule has 0 aliphatic carbocycles. The molecule has 240 valence electrons. The maximum absolute atomic E-state index is 11.2. The van der Waals surface area contributed by atoms with Crippen LogP contribution in [0, 0.1) is 0 Å². The molecule has 12 nitrogen and oxygen atoms in total. The highest BCUT2D eigenvalue weighted by Gasteiger charge is 2.15. The SMILES string of the molecule is O=C(O)c1cc(C(=O)O)cc(C(=O)O)c1.O=C(O)c1ccc(-c2cc(-c3ccc(C(=O)O)cc3)cc(-c3ccc(C(=O)O)cc3)c2)cc1. The second kappa shape index (κ2) is 14.3. The van der Waals surface area contributed by atoms with Gasteiger partial charge in [0.05, 0.1) is 33.4 Å². The predicted octanol–water partition coefficient (Wildman–Crippen LogP) is 6.56. The monoisotopic (exact) mass is 648 g/mol. The maximum Gasteiger partial charge on any atom is 0.335 e. The quantitative estimate of drug-likeness (QED) is 0.0999. The van der Waals surface area contributed by atoms with Crippen LogP contribution in [0.4, 0.5) is 0 Å². The number of carboxylic acids is 6. The van der Waals surface area contributed by atoms with Gasteiger partial charge in [0.25, 0.3) is 0 Å².